The number of hydrogen-bond donors (Lipinski definition) is 1. The van der Waals surface area contributed by atoms with Gasteiger partial charge in [-0.05, 0) is 62.0 Å². The molecule has 0 unspecified atom stereocenters. The molecule has 0 amide bonds. The molecule has 1 aromatic rings. The Morgan fingerprint density at radius 3 is 2.55 bits per heavy atom. The van der Waals surface area contributed by atoms with Crippen molar-refractivity contribution in [1.29, 1.82) is 0 Å². The first kappa shape index (κ1) is 17.2. The number of piperidine rings is 1. The van der Waals surface area contributed by atoms with Crippen LogP contribution in [0.3, 0.4) is 0 Å². The average Bonchev–Trinajstić information content (AvgIpc) is 2.41. The maximum absolute atomic E-state index is 10.6. The van der Waals surface area contributed by atoms with E-state index in [4.69, 9.17) is 4.74 Å². The fourth-order valence-corrected chi connectivity index (χ4v) is 2.35. The Labute approximate surface area is 130 Å². The van der Waals surface area contributed by atoms with E-state index in [-0.39, 0.29) is 5.97 Å². The third-order valence-corrected chi connectivity index (χ3v) is 3.86. The molecule has 3 nitrogen and oxygen atoms in total. The highest BCUT2D eigenvalue weighted by Gasteiger charge is 2.05. The molecule has 1 fully saturated rings. The summed E-state index contributed by atoms with van der Waals surface area (Å²) in [6.45, 7) is 8.54. The van der Waals surface area contributed by atoms with E-state index in [1.165, 1.54) is 32.9 Å². The summed E-state index contributed by atoms with van der Waals surface area (Å²) in [5, 5.41) is 3.32. The summed E-state index contributed by atoms with van der Waals surface area (Å²) in [4.78, 5) is 10.6. The van der Waals surface area contributed by atoms with Crippen molar-refractivity contribution in [2.45, 2.75) is 40.2 Å². The predicted octanol–water partition coefficient (Wildman–Crippen LogP) is 3.83. The molecular weight excluding hydrogens is 318 g/mol. The van der Waals surface area contributed by atoms with Crippen molar-refractivity contribution in [2.75, 3.05) is 13.1 Å². The predicted molar refractivity (Wildman–Crippen MR) is 85.6 cm³/mol. The van der Waals surface area contributed by atoms with Crippen molar-refractivity contribution in [1.82, 2.24) is 5.32 Å². The largest absolute Gasteiger partial charge is 0.461 e. The van der Waals surface area contributed by atoms with Gasteiger partial charge in [0, 0.05) is 11.4 Å². The number of aryl methyl sites for hydroxylation is 1. The minimum Gasteiger partial charge on any atom is -0.461 e. The van der Waals surface area contributed by atoms with Gasteiger partial charge in [-0.2, -0.15) is 0 Å². The minimum atomic E-state index is -0.251. The number of benzene rings is 1. The first-order chi connectivity index (χ1) is 9.49. The number of carbonyl (C=O) groups is 1. The van der Waals surface area contributed by atoms with E-state index < -0.39 is 0 Å². The lowest BCUT2D eigenvalue weighted by Gasteiger charge is -2.17. The van der Waals surface area contributed by atoms with Gasteiger partial charge in [-0.1, -0.05) is 28.9 Å². The Hall–Kier alpha value is -0.870. The first-order valence-electron chi connectivity index (χ1n) is 7.08. The van der Waals surface area contributed by atoms with Crippen LogP contribution in [0.2, 0.25) is 0 Å². The van der Waals surface area contributed by atoms with Gasteiger partial charge in [-0.25, -0.2) is 0 Å². The monoisotopic (exact) mass is 341 g/mol. The molecule has 2 rings (SSSR count). The van der Waals surface area contributed by atoms with E-state index in [9.17, 15) is 4.79 Å². The van der Waals surface area contributed by atoms with Crippen molar-refractivity contribution in [2.24, 2.45) is 5.92 Å². The molecular formula is C16H24BrNO2. The molecule has 0 atom stereocenters. The Morgan fingerprint density at radius 1 is 1.40 bits per heavy atom. The second-order valence-corrected chi connectivity index (χ2v) is 6.20. The molecule has 1 N–H and O–H groups in total. The van der Waals surface area contributed by atoms with Gasteiger partial charge in [0.25, 0.3) is 0 Å². The minimum absolute atomic E-state index is 0.251. The quantitative estimate of drug-likeness (QED) is 0.831. The van der Waals surface area contributed by atoms with Crippen LogP contribution in [0.5, 0.6) is 0 Å². The number of nitrogens with one attached hydrogen (secondary N) is 1. The molecule has 1 saturated heterocycles. The van der Waals surface area contributed by atoms with E-state index in [2.05, 4.69) is 28.2 Å². The van der Waals surface area contributed by atoms with Gasteiger partial charge in [-0.3, -0.25) is 4.79 Å². The number of ether oxygens (including phenoxy) is 1. The standard InChI is InChI=1S/C10H11BrO2.C6H13N/c1-7-3-4-10(11)5-9(7)6-13-8(2)12;1-6-2-4-7-5-3-6/h3-5H,6H2,1-2H3;6-7H,2-5H2,1H3. The molecule has 0 aliphatic carbocycles. The van der Waals surface area contributed by atoms with Crippen LogP contribution in [-0.2, 0) is 16.1 Å². The topological polar surface area (TPSA) is 38.3 Å². The molecule has 1 aliphatic heterocycles. The van der Waals surface area contributed by atoms with Crippen molar-refractivity contribution in [3.8, 4) is 0 Å². The third-order valence-electron chi connectivity index (χ3n) is 3.37. The van der Waals surface area contributed by atoms with Crippen LogP contribution < -0.4 is 5.32 Å². The highest BCUT2D eigenvalue weighted by Crippen LogP contribution is 2.16. The van der Waals surface area contributed by atoms with Crippen LogP contribution in [0.25, 0.3) is 0 Å². The van der Waals surface area contributed by atoms with Gasteiger partial charge in [0.2, 0.25) is 0 Å². The second kappa shape index (κ2) is 9.14. The number of hydrogen-bond acceptors (Lipinski definition) is 3. The van der Waals surface area contributed by atoms with E-state index >= 15 is 0 Å². The number of rotatable bonds is 2. The third kappa shape index (κ3) is 7.06. The second-order valence-electron chi connectivity index (χ2n) is 5.28. The van der Waals surface area contributed by atoms with Crippen LogP contribution in [0.15, 0.2) is 22.7 Å². The molecule has 20 heavy (non-hydrogen) atoms. The Morgan fingerprint density at radius 2 is 2.05 bits per heavy atom. The molecule has 4 heteroatoms. The summed E-state index contributed by atoms with van der Waals surface area (Å²) in [5.74, 6) is 0.723. The van der Waals surface area contributed by atoms with Gasteiger partial charge in [-0.15, -0.1) is 0 Å². The summed E-state index contributed by atoms with van der Waals surface area (Å²) in [7, 11) is 0. The van der Waals surface area contributed by atoms with Crippen LogP contribution >= 0.6 is 15.9 Å². The molecule has 0 aromatic heterocycles. The van der Waals surface area contributed by atoms with Crippen molar-refractivity contribution in [3.63, 3.8) is 0 Å². The molecule has 1 aliphatic rings. The maximum atomic E-state index is 10.6. The maximum Gasteiger partial charge on any atom is 0.302 e. The van der Waals surface area contributed by atoms with E-state index in [0.29, 0.717) is 6.61 Å². The van der Waals surface area contributed by atoms with Gasteiger partial charge in [0.1, 0.15) is 6.61 Å². The Balaban J connectivity index is 0.000000240. The van der Waals surface area contributed by atoms with Gasteiger partial charge >= 0.3 is 5.97 Å². The van der Waals surface area contributed by atoms with Crippen LogP contribution in [0.1, 0.15) is 37.8 Å². The zero-order valence-electron chi connectivity index (χ0n) is 12.5. The molecule has 1 heterocycles. The smallest absolute Gasteiger partial charge is 0.302 e. The molecule has 0 radical (unpaired) electrons. The fraction of sp³-hybridized carbons (Fsp3) is 0.562. The molecule has 0 bridgehead atoms. The zero-order chi connectivity index (χ0) is 15.0. The van der Waals surface area contributed by atoms with Crippen molar-refractivity contribution < 1.29 is 9.53 Å². The number of halogens is 1. The molecule has 1 aromatic carbocycles. The summed E-state index contributed by atoms with van der Waals surface area (Å²) < 4.78 is 5.90. The Bertz CT molecular complexity index is 428. The normalized spacial score (nSPS) is 15.2. The van der Waals surface area contributed by atoms with Crippen LogP contribution in [-0.4, -0.2) is 19.1 Å². The summed E-state index contributed by atoms with van der Waals surface area (Å²) in [5.41, 5.74) is 2.16. The number of esters is 1. The van der Waals surface area contributed by atoms with Crippen molar-refractivity contribution in [3.05, 3.63) is 33.8 Å². The van der Waals surface area contributed by atoms with Crippen molar-refractivity contribution >= 4 is 21.9 Å². The Kier molecular flexibility index (Phi) is 7.85. The first-order valence-corrected chi connectivity index (χ1v) is 7.87. The van der Waals surface area contributed by atoms with Gasteiger partial charge in [0.15, 0.2) is 0 Å². The van der Waals surface area contributed by atoms with Crippen LogP contribution in [0.4, 0.5) is 0 Å². The SMILES string of the molecule is CC(=O)OCc1cc(Br)ccc1C.CC1CCNCC1. The lowest BCUT2D eigenvalue weighted by Crippen LogP contribution is -2.26. The van der Waals surface area contributed by atoms with E-state index in [0.717, 1.165) is 21.5 Å². The molecule has 112 valence electrons. The lowest BCUT2D eigenvalue weighted by atomic mass is 10.0. The lowest BCUT2D eigenvalue weighted by molar-refractivity contribution is -0.142. The van der Waals surface area contributed by atoms with Gasteiger partial charge < -0.3 is 10.1 Å². The van der Waals surface area contributed by atoms with Crippen LogP contribution in [0, 0.1) is 12.8 Å². The molecule has 0 saturated carbocycles. The van der Waals surface area contributed by atoms with Gasteiger partial charge in [0.05, 0.1) is 0 Å². The fourth-order valence-electron chi connectivity index (χ4n) is 1.94. The number of carbonyl (C=O) groups excluding carboxylic acids is 1. The highest BCUT2D eigenvalue weighted by molar-refractivity contribution is 9.10. The average molecular weight is 342 g/mol. The summed E-state index contributed by atoms with van der Waals surface area (Å²) in [6.07, 6.45) is 2.75. The van der Waals surface area contributed by atoms with E-state index in [1.54, 1.807) is 0 Å². The van der Waals surface area contributed by atoms with E-state index in [1.807, 2.05) is 25.1 Å². The highest BCUT2D eigenvalue weighted by atomic mass is 79.9. The summed E-state index contributed by atoms with van der Waals surface area (Å²) >= 11 is 3.36. The molecule has 0 spiro atoms. The zero-order valence-corrected chi connectivity index (χ0v) is 14.1. The summed E-state index contributed by atoms with van der Waals surface area (Å²) in [6, 6.07) is 5.91.